The molecule has 0 unspecified atom stereocenters. The highest BCUT2D eigenvalue weighted by Gasteiger charge is 2.02. The zero-order valence-electron chi connectivity index (χ0n) is 16.6. The van der Waals surface area contributed by atoms with Crippen molar-refractivity contribution in [3.63, 3.8) is 0 Å². The Hall–Kier alpha value is -3.47. The first-order chi connectivity index (χ1) is 14.2. The summed E-state index contributed by atoms with van der Waals surface area (Å²) in [6, 6.07) is 25.2. The van der Waals surface area contributed by atoms with Crippen LogP contribution in [0, 0.1) is 0 Å². The molecule has 29 heavy (non-hydrogen) atoms. The third-order valence-corrected chi connectivity index (χ3v) is 4.41. The highest BCUT2D eigenvalue weighted by Crippen LogP contribution is 2.22. The molecule has 1 amide bonds. The number of para-hydroxylation sites is 1. The van der Waals surface area contributed by atoms with Crippen molar-refractivity contribution in [3.8, 4) is 17.2 Å². The lowest BCUT2D eigenvalue weighted by Gasteiger charge is -2.09. The Morgan fingerprint density at radius 2 is 1.45 bits per heavy atom. The quantitative estimate of drug-likeness (QED) is 0.529. The van der Waals surface area contributed by atoms with Crippen LogP contribution in [0.3, 0.4) is 0 Å². The summed E-state index contributed by atoms with van der Waals surface area (Å²) < 4.78 is 10.9. The number of nitrogens with one attached hydrogen (secondary N) is 2. The van der Waals surface area contributed by atoms with Gasteiger partial charge in [0.05, 0.1) is 7.11 Å². The van der Waals surface area contributed by atoms with Gasteiger partial charge in [-0.05, 0) is 60.5 Å². The number of hydrogen-bond acceptors (Lipinski definition) is 4. The number of amides is 1. The molecule has 0 aliphatic carbocycles. The molecule has 0 aliphatic heterocycles. The van der Waals surface area contributed by atoms with E-state index in [2.05, 4.69) is 10.6 Å². The molecule has 0 aliphatic rings. The zero-order valence-corrected chi connectivity index (χ0v) is 16.6. The minimum atomic E-state index is 0.0371. The summed E-state index contributed by atoms with van der Waals surface area (Å²) in [5.74, 6) is 2.45. The Bertz CT molecular complexity index is 878. The first kappa shape index (κ1) is 20.3. The summed E-state index contributed by atoms with van der Waals surface area (Å²) in [6.45, 7) is 1.20. The van der Waals surface area contributed by atoms with Gasteiger partial charge in [-0.3, -0.25) is 4.79 Å². The fourth-order valence-corrected chi connectivity index (χ4v) is 2.81. The molecule has 0 radical (unpaired) electrons. The Kier molecular flexibility index (Phi) is 7.52. The van der Waals surface area contributed by atoms with Gasteiger partial charge in [0.2, 0.25) is 5.91 Å². The van der Waals surface area contributed by atoms with E-state index in [1.54, 1.807) is 7.11 Å². The van der Waals surface area contributed by atoms with Crippen molar-refractivity contribution in [1.29, 1.82) is 0 Å². The molecule has 0 heterocycles. The van der Waals surface area contributed by atoms with Gasteiger partial charge in [-0.2, -0.15) is 0 Å². The number of anilines is 1. The average Bonchev–Trinajstić information content (AvgIpc) is 2.76. The lowest BCUT2D eigenvalue weighted by Crippen LogP contribution is -2.27. The van der Waals surface area contributed by atoms with Crippen LogP contribution in [-0.4, -0.2) is 26.1 Å². The molecule has 3 aromatic rings. The molecule has 3 aromatic carbocycles. The Balaban J connectivity index is 1.33. The molecule has 0 bridgehead atoms. The molecule has 0 fully saturated rings. The fraction of sp³-hybridized carbons (Fsp3) is 0.208. The van der Waals surface area contributed by atoms with Gasteiger partial charge in [0, 0.05) is 25.2 Å². The van der Waals surface area contributed by atoms with Crippen LogP contribution in [0.1, 0.15) is 12.0 Å². The molecular formula is C24H26N2O3. The number of benzene rings is 3. The summed E-state index contributed by atoms with van der Waals surface area (Å²) in [5, 5.41) is 6.21. The van der Waals surface area contributed by atoms with Crippen LogP contribution >= 0.6 is 0 Å². The van der Waals surface area contributed by atoms with Crippen molar-refractivity contribution in [1.82, 2.24) is 5.32 Å². The first-order valence-corrected chi connectivity index (χ1v) is 9.69. The van der Waals surface area contributed by atoms with Gasteiger partial charge in [0.25, 0.3) is 0 Å². The van der Waals surface area contributed by atoms with Gasteiger partial charge >= 0.3 is 0 Å². The van der Waals surface area contributed by atoms with Crippen molar-refractivity contribution in [2.45, 2.75) is 12.8 Å². The first-order valence-electron chi connectivity index (χ1n) is 9.69. The SMILES string of the molecule is COc1ccc(CCNC(=O)CCNc2ccc(Oc3ccccc3)cc2)cc1. The Labute approximate surface area is 171 Å². The molecule has 3 rings (SSSR count). The highest BCUT2D eigenvalue weighted by atomic mass is 16.5. The van der Waals surface area contributed by atoms with Crippen LogP contribution in [0.15, 0.2) is 78.9 Å². The standard InChI is InChI=1S/C24H26N2O3/c1-28-21-11-7-19(8-12-21)15-17-26-24(27)16-18-25-20-9-13-23(14-10-20)29-22-5-3-2-4-6-22/h2-14,25H,15-18H2,1H3,(H,26,27). The monoisotopic (exact) mass is 390 g/mol. The van der Waals surface area contributed by atoms with Crippen LogP contribution in [0.5, 0.6) is 17.2 Å². The third-order valence-electron chi connectivity index (χ3n) is 4.41. The van der Waals surface area contributed by atoms with Crippen LogP contribution < -0.4 is 20.1 Å². The van der Waals surface area contributed by atoms with Gasteiger partial charge in [-0.1, -0.05) is 30.3 Å². The fourth-order valence-electron chi connectivity index (χ4n) is 2.81. The summed E-state index contributed by atoms with van der Waals surface area (Å²) in [7, 11) is 1.65. The van der Waals surface area contributed by atoms with Gasteiger partial charge in [0.15, 0.2) is 0 Å². The van der Waals surface area contributed by atoms with Crippen LogP contribution in [0.25, 0.3) is 0 Å². The van der Waals surface area contributed by atoms with E-state index in [9.17, 15) is 4.79 Å². The number of ether oxygens (including phenoxy) is 2. The topological polar surface area (TPSA) is 59.6 Å². The van der Waals surface area contributed by atoms with Crippen molar-refractivity contribution >= 4 is 11.6 Å². The zero-order chi connectivity index (χ0) is 20.3. The van der Waals surface area contributed by atoms with E-state index in [0.717, 1.165) is 29.4 Å². The van der Waals surface area contributed by atoms with Crippen molar-refractivity contribution in [2.75, 3.05) is 25.5 Å². The largest absolute Gasteiger partial charge is 0.497 e. The Morgan fingerprint density at radius 3 is 2.14 bits per heavy atom. The minimum absolute atomic E-state index is 0.0371. The number of rotatable bonds is 10. The van der Waals surface area contributed by atoms with E-state index in [0.29, 0.717) is 19.5 Å². The van der Waals surface area contributed by atoms with Crippen molar-refractivity contribution in [2.24, 2.45) is 0 Å². The maximum atomic E-state index is 12.0. The highest BCUT2D eigenvalue weighted by molar-refractivity contribution is 5.76. The summed E-state index contributed by atoms with van der Waals surface area (Å²) in [6.07, 6.45) is 1.22. The average molecular weight is 390 g/mol. The smallest absolute Gasteiger partial charge is 0.221 e. The van der Waals surface area contributed by atoms with Gasteiger partial charge in [-0.15, -0.1) is 0 Å². The molecular weight excluding hydrogens is 364 g/mol. The number of hydrogen-bond donors (Lipinski definition) is 2. The van der Waals surface area contributed by atoms with Crippen LogP contribution in [-0.2, 0) is 11.2 Å². The maximum absolute atomic E-state index is 12.0. The molecule has 0 saturated carbocycles. The number of carbonyl (C=O) groups excluding carboxylic acids is 1. The van der Waals surface area contributed by atoms with Crippen LogP contribution in [0.2, 0.25) is 0 Å². The van der Waals surface area contributed by atoms with E-state index in [-0.39, 0.29) is 5.91 Å². The second kappa shape index (κ2) is 10.8. The number of carbonyl (C=O) groups is 1. The molecule has 150 valence electrons. The van der Waals surface area contributed by atoms with E-state index in [4.69, 9.17) is 9.47 Å². The lowest BCUT2D eigenvalue weighted by molar-refractivity contribution is -0.120. The third kappa shape index (κ3) is 6.88. The second-order valence-corrected chi connectivity index (χ2v) is 6.56. The van der Waals surface area contributed by atoms with Gasteiger partial charge < -0.3 is 20.1 Å². The van der Waals surface area contributed by atoms with Gasteiger partial charge in [-0.25, -0.2) is 0 Å². The molecule has 5 heteroatoms. The van der Waals surface area contributed by atoms with Crippen LogP contribution in [0.4, 0.5) is 5.69 Å². The summed E-state index contributed by atoms with van der Waals surface area (Å²) in [5.41, 5.74) is 2.12. The van der Waals surface area contributed by atoms with E-state index >= 15 is 0 Å². The normalized spacial score (nSPS) is 10.2. The number of methoxy groups -OCH3 is 1. The molecule has 0 spiro atoms. The molecule has 0 saturated heterocycles. The van der Waals surface area contributed by atoms with E-state index in [1.807, 2.05) is 78.9 Å². The van der Waals surface area contributed by atoms with E-state index < -0.39 is 0 Å². The second-order valence-electron chi connectivity index (χ2n) is 6.56. The minimum Gasteiger partial charge on any atom is -0.497 e. The molecule has 5 nitrogen and oxygen atoms in total. The van der Waals surface area contributed by atoms with E-state index in [1.165, 1.54) is 5.56 Å². The summed E-state index contributed by atoms with van der Waals surface area (Å²) in [4.78, 5) is 12.0. The summed E-state index contributed by atoms with van der Waals surface area (Å²) >= 11 is 0. The maximum Gasteiger partial charge on any atom is 0.221 e. The van der Waals surface area contributed by atoms with Gasteiger partial charge in [0.1, 0.15) is 17.2 Å². The van der Waals surface area contributed by atoms with Crippen molar-refractivity contribution in [3.05, 3.63) is 84.4 Å². The predicted molar refractivity (Wildman–Crippen MR) is 116 cm³/mol. The molecule has 0 aromatic heterocycles. The molecule has 2 N–H and O–H groups in total. The Morgan fingerprint density at radius 1 is 0.793 bits per heavy atom. The lowest BCUT2D eigenvalue weighted by atomic mass is 10.1. The van der Waals surface area contributed by atoms with Crippen molar-refractivity contribution < 1.29 is 14.3 Å². The molecule has 0 atom stereocenters. The predicted octanol–water partition coefficient (Wildman–Crippen LogP) is 4.65.